The molecule has 1 fully saturated rings. The minimum atomic E-state index is -0.314. The van der Waals surface area contributed by atoms with Crippen molar-refractivity contribution in [3.63, 3.8) is 0 Å². The van der Waals surface area contributed by atoms with Crippen molar-refractivity contribution in [2.24, 2.45) is 14.1 Å². The Hall–Kier alpha value is -2.60. The Morgan fingerprint density at radius 1 is 1.12 bits per heavy atom. The van der Waals surface area contributed by atoms with Crippen LogP contribution in [0.3, 0.4) is 0 Å². The highest BCUT2D eigenvalue weighted by Crippen LogP contribution is 2.29. The lowest BCUT2D eigenvalue weighted by atomic mass is 10.1. The molecule has 1 atom stereocenters. The van der Waals surface area contributed by atoms with E-state index >= 15 is 0 Å². The summed E-state index contributed by atoms with van der Waals surface area (Å²) in [5.41, 5.74) is 1.90. The number of hydrogen-bond donors (Lipinski definition) is 0. The van der Waals surface area contributed by atoms with Crippen molar-refractivity contribution in [3.8, 4) is 11.3 Å². The lowest BCUT2D eigenvalue weighted by Gasteiger charge is -2.14. The van der Waals surface area contributed by atoms with Crippen LogP contribution in [0.1, 0.15) is 12.8 Å². The van der Waals surface area contributed by atoms with Crippen LogP contribution < -0.4 is 11.2 Å². The van der Waals surface area contributed by atoms with Gasteiger partial charge in [0.25, 0.3) is 5.56 Å². The van der Waals surface area contributed by atoms with Crippen molar-refractivity contribution in [2.75, 3.05) is 6.61 Å². The van der Waals surface area contributed by atoms with Crippen molar-refractivity contribution in [1.29, 1.82) is 0 Å². The van der Waals surface area contributed by atoms with Gasteiger partial charge in [0.2, 0.25) is 0 Å². The van der Waals surface area contributed by atoms with Gasteiger partial charge in [-0.1, -0.05) is 30.3 Å². The molecule has 3 aromatic rings. The summed E-state index contributed by atoms with van der Waals surface area (Å²) in [5.74, 6) is 0. The van der Waals surface area contributed by atoms with E-state index in [1.807, 2.05) is 36.5 Å². The van der Waals surface area contributed by atoms with Gasteiger partial charge in [0.05, 0.1) is 22.7 Å². The van der Waals surface area contributed by atoms with E-state index in [0.29, 0.717) is 17.4 Å². The zero-order chi connectivity index (χ0) is 17.6. The second-order valence-corrected chi connectivity index (χ2v) is 6.60. The molecule has 1 aliphatic heterocycles. The molecule has 0 radical (unpaired) electrons. The Morgan fingerprint density at radius 2 is 1.88 bits per heavy atom. The normalized spacial score (nSPS) is 17.4. The fourth-order valence-corrected chi connectivity index (χ4v) is 3.65. The first-order valence-electron chi connectivity index (χ1n) is 8.54. The molecule has 0 unspecified atom stereocenters. The van der Waals surface area contributed by atoms with E-state index in [9.17, 15) is 9.59 Å². The number of fused-ring (bicyclic) bond motifs is 1. The number of benzene rings is 1. The maximum Gasteiger partial charge on any atom is 0.330 e. The molecule has 3 heterocycles. The number of nitrogens with zero attached hydrogens (tertiary/aromatic N) is 3. The molecule has 0 bridgehead atoms. The lowest BCUT2D eigenvalue weighted by molar-refractivity contribution is 0.0975. The molecule has 0 saturated carbocycles. The monoisotopic (exact) mass is 339 g/mol. The summed E-state index contributed by atoms with van der Waals surface area (Å²) in [7, 11) is 3.23. The lowest BCUT2D eigenvalue weighted by Crippen LogP contribution is -2.36. The molecule has 0 N–H and O–H groups in total. The molecular weight excluding hydrogens is 318 g/mol. The van der Waals surface area contributed by atoms with Gasteiger partial charge in [-0.3, -0.25) is 13.9 Å². The van der Waals surface area contributed by atoms with Crippen molar-refractivity contribution in [3.05, 3.63) is 57.4 Å². The highest BCUT2D eigenvalue weighted by Gasteiger charge is 2.22. The Balaban J connectivity index is 2.03. The average Bonchev–Trinajstić information content (AvgIpc) is 3.27. The second kappa shape index (κ2) is 6.04. The van der Waals surface area contributed by atoms with Crippen LogP contribution in [0.25, 0.3) is 22.2 Å². The molecule has 4 rings (SSSR count). The first-order valence-corrected chi connectivity index (χ1v) is 8.54. The molecule has 1 saturated heterocycles. The third-order valence-corrected chi connectivity index (χ3v) is 4.98. The fourth-order valence-electron chi connectivity index (χ4n) is 3.65. The number of rotatable bonds is 3. The van der Waals surface area contributed by atoms with E-state index in [1.165, 1.54) is 16.2 Å². The summed E-state index contributed by atoms with van der Waals surface area (Å²) in [4.78, 5) is 25.1. The van der Waals surface area contributed by atoms with Crippen LogP contribution in [0.2, 0.25) is 0 Å². The standard InChI is InChI=1S/C19H21N3O3/c1-20-15-12-22(11-14-9-6-10-25-14)17(13-7-4-3-5-8-13)16(15)18(23)21(2)19(20)24/h3-5,7-8,12,14H,6,9-11H2,1-2H3/t14-/m1/s1. The van der Waals surface area contributed by atoms with Gasteiger partial charge < -0.3 is 9.30 Å². The SMILES string of the molecule is Cn1c(=O)c2c(-c3ccccc3)n(C[C@H]3CCCO3)cc2n(C)c1=O. The minimum absolute atomic E-state index is 0.144. The first kappa shape index (κ1) is 15.9. The largest absolute Gasteiger partial charge is 0.376 e. The van der Waals surface area contributed by atoms with Crippen molar-refractivity contribution >= 4 is 10.9 Å². The van der Waals surface area contributed by atoms with Crippen LogP contribution in [0.4, 0.5) is 0 Å². The van der Waals surface area contributed by atoms with Crippen LogP contribution >= 0.6 is 0 Å². The third-order valence-electron chi connectivity index (χ3n) is 4.98. The molecule has 6 heteroatoms. The maximum atomic E-state index is 12.9. The van der Waals surface area contributed by atoms with E-state index < -0.39 is 0 Å². The van der Waals surface area contributed by atoms with Gasteiger partial charge in [0.15, 0.2) is 0 Å². The number of aryl methyl sites for hydroxylation is 1. The zero-order valence-electron chi connectivity index (χ0n) is 14.4. The van der Waals surface area contributed by atoms with Gasteiger partial charge >= 0.3 is 5.69 Å². The summed E-state index contributed by atoms with van der Waals surface area (Å²) >= 11 is 0. The Morgan fingerprint density at radius 3 is 2.56 bits per heavy atom. The Kier molecular flexibility index (Phi) is 3.84. The number of aromatic nitrogens is 3. The summed E-state index contributed by atoms with van der Waals surface area (Å²) in [6, 6.07) is 9.84. The summed E-state index contributed by atoms with van der Waals surface area (Å²) in [5, 5.41) is 0.578. The molecule has 2 aromatic heterocycles. The van der Waals surface area contributed by atoms with E-state index in [2.05, 4.69) is 4.57 Å². The van der Waals surface area contributed by atoms with Gasteiger partial charge in [-0.25, -0.2) is 4.79 Å². The molecule has 6 nitrogen and oxygen atoms in total. The molecule has 1 aromatic carbocycles. The van der Waals surface area contributed by atoms with Crippen LogP contribution in [0.5, 0.6) is 0 Å². The van der Waals surface area contributed by atoms with Crippen molar-refractivity contribution in [1.82, 2.24) is 13.7 Å². The first-order chi connectivity index (χ1) is 12.1. The van der Waals surface area contributed by atoms with E-state index in [-0.39, 0.29) is 17.4 Å². The predicted octanol–water partition coefficient (Wildman–Crippen LogP) is 1.88. The summed E-state index contributed by atoms with van der Waals surface area (Å²) in [6.45, 7) is 1.46. The highest BCUT2D eigenvalue weighted by molar-refractivity contribution is 5.93. The van der Waals surface area contributed by atoms with Gasteiger partial charge in [-0.15, -0.1) is 0 Å². The van der Waals surface area contributed by atoms with Crippen LogP contribution in [0.15, 0.2) is 46.1 Å². The minimum Gasteiger partial charge on any atom is -0.376 e. The van der Waals surface area contributed by atoms with Gasteiger partial charge in [0.1, 0.15) is 0 Å². The Bertz CT molecular complexity index is 1040. The van der Waals surface area contributed by atoms with Gasteiger partial charge in [-0.2, -0.15) is 0 Å². The topological polar surface area (TPSA) is 58.2 Å². The molecule has 25 heavy (non-hydrogen) atoms. The quantitative estimate of drug-likeness (QED) is 0.732. The van der Waals surface area contributed by atoms with Crippen LogP contribution in [0, 0.1) is 0 Å². The predicted molar refractivity (Wildman–Crippen MR) is 96.8 cm³/mol. The molecule has 1 aliphatic rings. The van der Waals surface area contributed by atoms with Gasteiger partial charge in [0, 0.05) is 33.4 Å². The van der Waals surface area contributed by atoms with E-state index in [0.717, 1.165) is 30.7 Å². The smallest absolute Gasteiger partial charge is 0.330 e. The molecule has 130 valence electrons. The zero-order valence-corrected chi connectivity index (χ0v) is 14.4. The second-order valence-electron chi connectivity index (χ2n) is 6.60. The Labute approximate surface area is 144 Å². The van der Waals surface area contributed by atoms with Crippen LogP contribution in [-0.4, -0.2) is 26.4 Å². The van der Waals surface area contributed by atoms with Gasteiger partial charge in [-0.05, 0) is 18.4 Å². The number of hydrogen-bond acceptors (Lipinski definition) is 3. The maximum absolute atomic E-state index is 12.9. The van der Waals surface area contributed by atoms with E-state index in [1.54, 1.807) is 7.05 Å². The van der Waals surface area contributed by atoms with E-state index in [4.69, 9.17) is 4.74 Å². The fraction of sp³-hybridized carbons (Fsp3) is 0.368. The van der Waals surface area contributed by atoms with Crippen LogP contribution in [-0.2, 0) is 25.4 Å². The molecule has 0 spiro atoms. The summed E-state index contributed by atoms with van der Waals surface area (Å²) < 4.78 is 10.6. The molecule has 0 aliphatic carbocycles. The average molecular weight is 339 g/mol. The van der Waals surface area contributed by atoms with Crippen molar-refractivity contribution in [2.45, 2.75) is 25.5 Å². The molecule has 0 amide bonds. The highest BCUT2D eigenvalue weighted by atomic mass is 16.5. The molecular formula is C19H21N3O3. The summed E-state index contributed by atoms with van der Waals surface area (Å²) in [6.07, 6.45) is 4.12. The third kappa shape index (κ3) is 2.53. The van der Waals surface area contributed by atoms with Crippen molar-refractivity contribution < 1.29 is 4.74 Å². The number of ether oxygens (including phenoxy) is 1.